The lowest BCUT2D eigenvalue weighted by molar-refractivity contribution is 0.228. The molecule has 3 aromatic rings. The van der Waals surface area contributed by atoms with Crippen molar-refractivity contribution in [3.05, 3.63) is 54.2 Å². The highest BCUT2D eigenvalue weighted by Crippen LogP contribution is 2.45. The molecule has 0 radical (unpaired) electrons. The largest absolute Gasteiger partial charge is 0.327 e. The molecule has 0 unspecified atom stereocenters. The van der Waals surface area contributed by atoms with Crippen LogP contribution in [0.15, 0.2) is 47.8 Å². The summed E-state index contributed by atoms with van der Waals surface area (Å²) in [6.07, 6.45) is 8.20. The Balaban J connectivity index is 1.38. The molecule has 4 heterocycles. The first-order valence-electron chi connectivity index (χ1n) is 9.98. The Morgan fingerprint density at radius 3 is 2.60 bits per heavy atom. The fourth-order valence-corrected chi connectivity index (χ4v) is 6.24. The van der Waals surface area contributed by atoms with Gasteiger partial charge < -0.3 is 4.57 Å². The average Bonchev–Trinajstić information content (AvgIpc) is 3.46. The van der Waals surface area contributed by atoms with Crippen LogP contribution in [0.1, 0.15) is 30.7 Å². The van der Waals surface area contributed by atoms with Crippen LogP contribution in [0.4, 0.5) is 0 Å². The van der Waals surface area contributed by atoms with Gasteiger partial charge in [-0.05, 0) is 37.5 Å². The topological polar surface area (TPSA) is 96.8 Å². The smallest absolute Gasteiger partial charge is 0.243 e. The molecule has 2 aliphatic heterocycles. The number of nitrogens with zero attached hydrogens (tertiary/aromatic N) is 6. The van der Waals surface area contributed by atoms with E-state index in [0.29, 0.717) is 18.7 Å². The van der Waals surface area contributed by atoms with Gasteiger partial charge in [0.2, 0.25) is 10.0 Å². The van der Waals surface area contributed by atoms with Gasteiger partial charge in [-0.25, -0.2) is 13.4 Å². The van der Waals surface area contributed by atoms with Crippen LogP contribution >= 0.6 is 0 Å². The minimum Gasteiger partial charge on any atom is -0.327 e. The van der Waals surface area contributed by atoms with Crippen molar-refractivity contribution in [1.29, 1.82) is 5.26 Å². The molecule has 0 atom stereocenters. The Kier molecular flexibility index (Phi) is 4.31. The summed E-state index contributed by atoms with van der Waals surface area (Å²) in [4.78, 5) is 4.93. The summed E-state index contributed by atoms with van der Waals surface area (Å²) in [7, 11) is -1.71. The Labute approximate surface area is 175 Å². The first kappa shape index (κ1) is 19.0. The minimum atomic E-state index is -3.61. The van der Waals surface area contributed by atoms with E-state index in [4.69, 9.17) is 10.2 Å². The van der Waals surface area contributed by atoms with Crippen LogP contribution in [-0.2, 0) is 29.0 Å². The molecule has 8 nitrogen and oxygen atoms in total. The fourth-order valence-electron chi connectivity index (χ4n) is 4.75. The molecular formula is C21H22N6O2S. The number of nitriles is 1. The van der Waals surface area contributed by atoms with Gasteiger partial charge in [-0.3, -0.25) is 4.68 Å². The highest BCUT2D eigenvalue weighted by atomic mass is 32.2. The molecule has 2 aliphatic rings. The van der Waals surface area contributed by atoms with Crippen molar-refractivity contribution in [3.63, 3.8) is 0 Å². The van der Waals surface area contributed by atoms with E-state index in [1.807, 2.05) is 31.7 Å². The molecule has 5 rings (SSSR count). The molecule has 2 aromatic heterocycles. The molecule has 1 saturated heterocycles. The normalized spacial score (nSPS) is 18.4. The summed E-state index contributed by atoms with van der Waals surface area (Å²) in [5.41, 5.74) is 2.38. The third kappa shape index (κ3) is 2.87. The number of fused-ring (bicyclic) bond motifs is 2. The highest BCUT2D eigenvalue weighted by molar-refractivity contribution is 7.89. The lowest BCUT2D eigenvalue weighted by atomic mass is 9.77. The zero-order chi connectivity index (χ0) is 20.9. The van der Waals surface area contributed by atoms with Crippen molar-refractivity contribution in [1.82, 2.24) is 23.6 Å². The van der Waals surface area contributed by atoms with Gasteiger partial charge in [-0.2, -0.15) is 14.7 Å². The van der Waals surface area contributed by atoms with E-state index in [1.165, 1.54) is 6.07 Å². The second kappa shape index (κ2) is 6.79. The highest BCUT2D eigenvalue weighted by Gasteiger charge is 2.45. The van der Waals surface area contributed by atoms with Crippen molar-refractivity contribution in [3.8, 4) is 17.3 Å². The maximum Gasteiger partial charge on any atom is 0.243 e. The summed E-state index contributed by atoms with van der Waals surface area (Å²) in [5.74, 6) is 1.06. The maximum absolute atomic E-state index is 13.1. The molecule has 0 N–H and O–H groups in total. The van der Waals surface area contributed by atoms with E-state index in [1.54, 1.807) is 27.2 Å². The maximum atomic E-state index is 13.1. The van der Waals surface area contributed by atoms with Crippen LogP contribution in [0.3, 0.4) is 0 Å². The lowest BCUT2D eigenvalue weighted by Gasteiger charge is -2.37. The third-order valence-corrected chi connectivity index (χ3v) is 8.32. The Morgan fingerprint density at radius 2 is 1.90 bits per heavy atom. The van der Waals surface area contributed by atoms with Crippen molar-refractivity contribution in [2.75, 3.05) is 13.1 Å². The van der Waals surface area contributed by atoms with Crippen molar-refractivity contribution < 1.29 is 8.42 Å². The van der Waals surface area contributed by atoms with E-state index < -0.39 is 10.0 Å². The molecule has 1 aromatic carbocycles. The molecule has 1 fully saturated rings. The van der Waals surface area contributed by atoms with E-state index in [-0.39, 0.29) is 10.3 Å². The lowest BCUT2D eigenvalue weighted by Crippen LogP contribution is -2.44. The monoisotopic (exact) mass is 422 g/mol. The SMILES string of the molecule is Cn1cc(-c2cnc3n2CCC32CCN(S(=O)(=O)c3cccc(C#N)c3)CC2)cn1. The van der Waals surface area contributed by atoms with Crippen LogP contribution in [0, 0.1) is 11.3 Å². The molecule has 154 valence electrons. The van der Waals surface area contributed by atoms with Crippen LogP contribution in [0.5, 0.6) is 0 Å². The number of benzene rings is 1. The molecule has 30 heavy (non-hydrogen) atoms. The molecule has 0 bridgehead atoms. The molecular weight excluding hydrogens is 400 g/mol. The van der Waals surface area contributed by atoms with E-state index in [9.17, 15) is 8.42 Å². The first-order chi connectivity index (χ1) is 14.4. The van der Waals surface area contributed by atoms with Crippen molar-refractivity contribution in [2.45, 2.75) is 36.1 Å². The van der Waals surface area contributed by atoms with Gasteiger partial charge in [0.05, 0.1) is 34.6 Å². The molecule has 0 amide bonds. The molecule has 0 aliphatic carbocycles. The first-order valence-corrected chi connectivity index (χ1v) is 11.4. The Morgan fingerprint density at radius 1 is 1.13 bits per heavy atom. The number of hydrogen-bond donors (Lipinski definition) is 0. The van der Waals surface area contributed by atoms with Crippen molar-refractivity contribution in [2.24, 2.45) is 7.05 Å². The Hall–Kier alpha value is -2.96. The van der Waals surface area contributed by atoms with Gasteiger partial charge in [-0.15, -0.1) is 0 Å². The second-order valence-corrected chi connectivity index (χ2v) is 10.0. The molecule has 1 spiro atoms. The van der Waals surface area contributed by atoms with Gasteiger partial charge in [0.1, 0.15) is 5.82 Å². The van der Waals surface area contributed by atoms with Gasteiger partial charge in [0.15, 0.2) is 0 Å². The van der Waals surface area contributed by atoms with Gasteiger partial charge >= 0.3 is 0 Å². The number of aromatic nitrogens is 4. The summed E-state index contributed by atoms with van der Waals surface area (Å²) in [6, 6.07) is 8.24. The summed E-state index contributed by atoms with van der Waals surface area (Å²) in [5, 5.41) is 13.3. The predicted octanol–water partition coefficient (Wildman–Crippen LogP) is 2.28. The quantitative estimate of drug-likeness (QED) is 0.645. The number of aryl methyl sites for hydroxylation is 1. The average molecular weight is 423 g/mol. The van der Waals surface area contributed by atoms with E-state index in [2.05, 4.69) is 9.67 Å². The molecule has 9 heteroatoms. The number of piperidine rings is 1. The van der Waals surface area contributed by atoms with Gasteiger partial charge in [-0.1, -0.05) is 6.07 Å². The van der Waals surface area contributed by atoms with Gasteiger partial charge in [0, 0.05) is 43.9 Å². The van der Waals surface area contributed by atoms with E-state index >= 15 is 0 Å². The van der Waals surface area contributed by atoms with Crippen molar-refractivity contribution >= 4 is 10.0 Å². The standard InChI is InChI=1S/C21H22N6O2S/c1-25-15-17(13-24-25)19-14-23-20-21(7-10-27(19)20)5-8-26(9-6-21)30(28,29)18-4-2-3-16(11-18)12-22/h2-4,11,13-15H,5-10H2,1H3. The second-order valence-electron chi connectivity index (χ2n) is 8.10. The number of hydrogen-bond acceptors (Lipinski definition) is 5. The molecule has 0 saturated carbocycles. The van der Waals surface area contributed by atoms with Crippen LogP contribution < -0.4 is 0 Å². The minimum absolute atomic E-state index is 0.0824. The summed E-state index contributed by atoms with van der Waals surface area (Å²) in [6.45, 7) is 1.79. The van der Waals surface area contributed by atoms with Crippen LogP contribution in [0.25, 0.3) is 11.3 Å². The van der Waals surface area contributed by atoms with Gasteiger partial charge in [0.25, 0.3) is 0 Å². The summed E-state index contributed by atoms with van der Waals surface area (Å²) < 4.78 is 31.8. The third-order valence-electron chi connectivity index (χ3n) is 6.42. The number of rotatable bonds is 3. The fraction of sp³-hybridized carbons (Fsp3) is 0.381. The van der Waals surface area contributed by atoms with E-state index in [0.717, 1.165) is 42.9 Å². The predicted molar refractivity (Wildman–Crippen MR) is 110 cm³/mol. The number of sulfonamides is 1. The van der Waals surface area contributed by atoms with Crippen LogP contribution in [-0.4, -0.2) is 45.1 Å². The number of imidazole rings is 1. The zero-order valence-corrected chi connectivity index (χ0v) is 17.5. The zero-order valence-electron chi connectivity index (χ0n) is 16.7. The summed E-state index contributed by atoms with van der Waals surface area (Å²) >= 11 is 0. The van der Waals surface area contributed by atoms with Crippen LogP contribution in [0.2, 0.25) is 0 Å². The Bertz CT molecular complexity index is 1260.